The molecule has 5 nitrogen and oxygen atoms in total. The standard InChI is InChI=1S/C28H33NO4.ClH/c1-31-26-12-8-7-11-23(26)22(19-9-5-4-6-10-19)13-14-29-24-15-20-17-27(32-2)28(33-3)18-21(20)16-25(24)30;/h4-12,17-18,22,24-25,29-30H,13-16H2,1-3H3;1H/t22?,24-,25-;/m0./s1. The topological polar surface area (TPSA) is 60.0 Å². The number of hydrogen-bond donors (Lipinski definition) is 2. The molecule has 6 heteroatoms. The van der Waals surface area contributed by atoms with Crippen LogP contribution in [-0.2, 0) is 12.8 Å². The molecule has 3 atom stereocenters. The van der Waals surface area contributed by atoms with E-state index in [2.05, 4.69) is 41.7 Å². The maximum Gasteiger partial charge on any atom is 0.161 e. The Hall–Kier alpha value is -2.73. The zero-order valence-corrected chi connectivity index (χ0v) is 20.8. The predicted octanol–water partition coefficient (Wildman–Crippen LogP) is 4.77. The lowest BCUT2D eigenvalue weighted by Crippen LogP contribution is -2.46. The first-order valence-corrected chi connectivity index (χ1v) is 11.5. The Morgan fingerprint density at radius 1 is 0.824 bits per heavy atom. The average molecular weight is 484 g/mol. The van der Waals surface area contributed by atoms with Crippen molar-refractivity contribution >= 4 is 12.4 Å². The van der Waals surface area contributed by atoms with Crippen LogP contribution >= 0.6 is 12.4 Å². The molecule has 3 aromatic rings. The monoisotopic (exact) mass is 483 g/mol. The van der Waals surface area contributed by atoms with Gasteiger partial charge in [-0.25, -0.2) is 0 Å². The lowest BCUT2D eigenvalue weighted by Gasteiger charge is -2.32. The zero-order valence-electron chi connectivity index (χ0n) is 20.0. The third-order valence-electron chi connectivity index (χ3n) is 6.59. The van der Waals surface area contributed by atoms with E-state index in [9.17, 15) is 5.11 Å². The van der Waals surface area contributed by atoms with Gasteiger partial charge in [-0.15, -0.1) is 12.4 Å². The van der Waals surface area contributed by atoms with E-state index >= 15 is 0 Å². The highest BCUT2D eigenvalue weighted by Gasteiger charge is 2.28. The van der Waals surface area contributed by atoms with E-state index in [1.165, 1.54) is 16.7 Å². The normalized spacial score (nSPS) is 17.8. The van der Waals surface area contributed by atoms with E-state index in [4.69, 9.17) is 14.2 Å². The van der Waals surface area contributed by atoms with Crippen molar-refractivity contribution in [3.8, 4) is 17.2 Å². The smallest absolute Gasteiger partial charge is 0.161 e. The highest BCUT2D eigenvalue weighted by molar-refractivity contribution is 5.85. The summed E-state index contributed by atoms with van der Waals surface area (Å²) in [6.07, 6.45) is 1.80. The van der Waals surface area contributed by atoms with Crippen LogP contribution < -0.4 is 19.5 Å². The summed E-state index contributed by atoms with van der Waals surface area (Å²) in [5, 5.41) is 14.5. The third kappa shape index (κ3) is 5.66. The fourth-order valence-corrected chi connectivity index (χ4v) is 4.85. The molecule has 4 rings (SSSR count). The second-order valence-electron chi connectivity index (χ2n) is 8.51. The first-order chi connectivity index (χ1) is 16.1. The molecule has 34 heavy (non-hydrogen) atoms. The maximum absolute atomic E-state index is 10.8. The number of nitrogens with one attached hydrogen (secondary N) is 1. The molecule has 0 aliphatic heterocycles. The number of fused-ring (bicyclic) bond motifs is 1. The highest BCUT2D eigenvalue weighted by Crippen LogP contribution is 2.36. The first kappa shape index (κ1) is 25.9. The molecule has 2 N–H and O–H groups in total. The van der Waals surface area contributed by atoms with Crippen molar-refractivity contribution in [3.63, 3.8) is 0 Å². The summed E-state index contributed by atoms with van der Waals surface area (Å²) in [7, 11) is 5.01. The molecule has 0 heterocycles. The van der Waals surface area contributed by atoms with Crippen molar-refractivity contribution in [1.82, 2.24) is 5.32 Å². The van der Waals surface area contributed by atoms with Crippen molar-refractivity contribution in [2.24, 2.45) is 0 Å². The Morgan fingerprint density at radius 3 is 2.06 bits per heavy atom. The fourth-order valence-electron chi connectivity index (χ4n) is 4.85. The molecule has 1 unspecified atom stereocenters. The fraction of sp³-hybridized carbons (Fsp3) is 0.357. The predicted molar refractivity (Wildman–Crippen MR) is 138 cm³/mol. The summed E-state index contributed by atoms with van der Waals surface area (Å²) in [5.74, 6) is 2.54. The van der Waals surface area contributed by atoms with Crippen LogP contribution in [0.25, 0.3) is 0 Å². The molecule has 1 aliphatic carbocycles. The SMILES string of the molecule is COc1cc2c(cc1OC)C[C@H](O)[C@@H](NCCC(c1ccccc1)c1ccccc1OC)C2.Cl. The number of aliphatic hydroxyl groups excluding tert-OH is 1. The van der Waals surface area contributed by atoms with E-state index in [0.29, 0.717) is 12.2 Å². The summed E-state index contributed by atoms with van der Waals surface area (Å²) >= 11 is 0. The van der Waals surface area contributed by atoms with Gasteiger partial charge in [-0.3, -0.25) is 0 Å². The minimum absolute atomic E-state index is 0. The van der Waals surface area contributed by atoms with Crippen LogP contribution in [0.3, 0.4) is 0 Å². The van der Waals surface area contributed by atoms with Crippen molar-refractivity contribution in [2.45, 2.75) is 37.3 Å². The van der Waals surface area contributed by atoms with Crippen molar-refractivity contribution in [1.29, 1.82) is 0 Å². The van der Waals surface area contributed by atoms with Gasteiger partial charge in [0.2, 0.25) is 0 Å². The molecule has 0 radical (unpaired) electrons. The van der Waals surface area contributed by atoms with E-state index in [1.54, 1.807) is 21.3 Å². The van der Waals surface area contributed by atoms with E-state index in [0.717, 1.165) is 36.4 Å². The first-order valence-electron chi connectivity index (χ1n) is 11.5. The van der Waals surface area contributed by atoms with Crippen LogP contribution in [0.5, 0.6) is 17.2 Å². The van der Waals surface area contributed by atoms with Crippen LogP contribution in [0.1, 0.15) is 34.6 Å². The molecule has 0 spiro atoms. The quantitative estimate of drug-likeness (QED) is 0.459. The van der Waals surface area contributed by atoms with Crippen molar-refractivity contribution < 1.29 is 19.3 Å². The van der Waals surface area contributed by atoms with E-state index in [1.807, 2.05) is 30.3 Å². The molecule has 0 amide bonds. The number of ether oxygens (including phenoxy) is 3. The van der Waals surface area contributed by atoms with Gasteiger partial charge >= 0.3 is 0 Å². The van der Waals surface area contributed by atoms with Gasteiger partial charge in [0, 0.05) is 23.9 Å². The van der Waals surface area contributed by atoms with Crippen molar-refractivity contribution in [3.05, 3.63) is 89.0 Å². The molecule has 182 valence electrons. The van der Waals surface area contributed by atoms with Crippen LogP contribution in [0, 0.1) is 0 Å². The van der Waals surface area contributed by atoms with Gasteiger partial charge in [0.1, 0.15) is 5.75 Å². The summed E-state index contributed by atoms with van der Waals surface area (Å²) in [4.78, 5) is 0. The van der Waals surface area contributed by atoms with Crippen LogP contribution in [0.2, 0.25) is 0 Å². The highest BCUT2D eigenvalue weighted by atomic mass is 35.5. The minimum Gasteiger partial charge on any atom is -0.496 e. The molecule has 0 fully saturated rings. The Bertz CT molecular complexity index is 1060. The number of halogens is 1. The van der Waals surface area contributed by atoms with Gasteiger partial charge in [-0.2, -0.15) is 0 Å². The Balaban J connectivity index is 0.00000324. The van der Waals surface area contributed by atoms with E-state index < -0.39 is 6.10 Å². The summed E-state index contributed by atoms with van der Waals surface area (Å²) in [6.45, 7) is 0.780. The van der Waals surface area contributed by atoms with Crippen LogP contribution in [0.4, 0.5) is 0 Å². The van der Waals surface area contributed by atoms with Gasteiger partial charge in [-0.1, -0.05) is 48.5 Å². The van der Waals surface area contributed by atoms with Crippen LogP contribution in [-0.4, -0.2) is 45.1 Å². The lowest BCUT2D eigenvalue weighted by atomic mass is 9.85. The number of hydrogen-bond acceptors (Lipinski definition) is 5. The largest absolute Gasteiger partial charge is 0.496 e. The summed E-state index contributed by atoms with van der Waals surface area (Å²) in [5.41, 5.74) is 4.75. The Morgan fingerprint density at radius 2 is 1.41 bits per heavy atom. The molecular weight excluding hydrogens is 450 g/mol. The van der Waals surface area contributed by atoms with Gasteiger partial charge < -0.3 is 24.6 Å². The van der Waals surface area contributed by atoms with E-state index in [-0.39, 0.29) is 24.4 Å². The third-order valence-corrected chi connectivity index (χ3v) is 6.59. The summed E-state index contributed by atoms with van der Waals surface area (Å²) < 4.78 is 16.6. The van der Waals surface area contributed by atoms with Crippen LogP contribution in [0.15, 0.2) is 66.7 Å². The minimum atomic E-state index is -0.447. The van der Waals surface area contributed by atoms with Gasteiger partial charge in [0.15, 0.2) is 11.5 Å². The van der Waals surface area contributed by atoms with Gasteiger partial charge in [-0.05, 0) is 54.3 Å². The summed E-state index contributed by atoms with van der Waals surface area (Å²) in [6, 6.07) is 22.8. The van der Waals surface area contributed by atoms with Gasteiger partial charge in [0.05, 0.1) is 27.4 Å². The number of methoxy groups -OCH3 is 3. The zero-order chi connectivity index (χ0) is 23.2. The number of aliphatic hydroxyl groups is 1. The molecule has 0 saturated heterocycles. The molecule has 3 aromatic carbocycles. The van der Waals surface area contributed by atoms with Crippen molar-refractivity contribution in [2.75, 3.05) is 27.9 Å². The molecule has 1 aliphatic rings. The Kier molecular flexibility index (Phi) is 9.22. The molecule has 0 bridgehead atoms. The number of benzene rings is 3. The second-order valence-corrected chi connectivity index (χ2v) is 8.51. The molecule has 0 saturated carbocycles. The van der Waals surface area contributed by atoms with Gasteiger partial charge in [0.25, 0.3) is 0 Å². The lowest BCUT2D eigenvalue weighted by molar-refractivity contribution is 0.119. The molecule has 0 aromatic heterocycles. The average Bonchev–Trinajstić information content (AvgIpc) is 2.86. The molecular formula is C28H34ClNO4. The maximum atomic E-state index is 10.8. The number of rotatable bonds is 9. The number of para-hydroxylation sites is 1. The Labute approximate surface area is 208 Å². The second kappa shape index (κ2) is 12.1.